The Labute approximate surface area is 131 Å². The minimum atomic E-state index is -0.813. The van der Waals surface area contributed by atoms with E-state index in [-0.39, 0.29) is 16.6 Å². The highest BCUT2D eigenvalue weighted by Crippen LogP contribution is 2.38. The molecule has 2 atom stereocenters. The predicted octanol–water partition coefficient (Wildman–Crippen LogP) is 3.06. The minimum absolute atomic E-state index is 0.0406. The fraction of sp³-hybridized carbons (Fsp3) is 0.875. The molecule has 0 radical (unpaired) electrons. The first-order valence-corrected chi connectivity index (χ1v) is 9.36. The molecule has 0 spiro atoms. The molecular formula is C16H27NO3S. The van der Waals surface area contributed by atoms with Gasteiger partial charge in [0.05, 0.1) is 11.8 Å². The van der Waals surface area contributed by atoms with E-state index in [9.17, 15) is 14.7 Å². The average Bonchev–Trinajstić information content (AvgIpc) is 2.53. The van der Waals surface area contributed by atoms with Crippen LogP contribution >= 0.6 is 11.8 Å². The maximum absolute atomic E-state index is 12.4. The number of rotatable bonds is 5. The van der Waals surface area contributed by atoms with Gasteiger partial charge >= 0.3 is 5.97 Å². The molecule has 21 heavy (non-hydrogen) atoms. The van der Waals surface area contributed by atoms with Gasteiger partial charge in [0.1, 0.15) is 0 Å². The van der Waals surface area contributed by atoms with E-state index < -0.39 is 11.9 Å². The van der Waals surface area contributed by atoms with Gasteiger partial charge in [0.25, 0.3) is 0 Å². The third-order valence-corrected chi connectivity index (χ3v) is 6.62. The lowest BCUT2D eigenvalue weighted by Gasteiger charge is -2.37. The molecule has 0 unspecified atom stereocenters. The third kappa shape index (κ3) is 4.15. The van der Waals surface area contributed by atoms with Crippen molar-refractivity contribution in [2.75, 3.05) is 12.8 Å². The van der Waals surface area contributed by atoms with Gasteiger partial charge in [0.15, 0.2) is 0 Å². The number of carbonyl (C=O) groups is 2. The van der Waals surface area contributed by atoms with Crippen molar-refractivity contribution < 1.29 is 14.7 Å². The lowest BCUT2D eigenvalue weighted by atomic mass is 9.78. The molecule has 0 bridgehead atoms. The van der Waals surface area contributed by atoms with Crippen LogP contribution in [0.3, 0.4) is 0 Å². The number of carbonyl (C=O) groups excluding carboxylic acids is 1. The summed E-state index contributed by atoms with van der Waals surface area (Å²) in [7, 11) is 0. The summed E-state index contributed by atoms with van der Waals surface area (Å²) in [5, 5.41) is 12.4. The van der Waals surface area contributed by atoms with Crippen molar-refractivity contribution in [2.24, 2.45) is 11.8 Å². The molecule has 0 aromatic heterocycles. The van der Waals surface area contributed by atoms with Gasteiger partial charge in [-0.3, -0.25) is 9.59 Å². The molecule has 5 heteroatoms. The number of hydrogen-bond donors (Lipinski definition) is 2. The van der Waals surface area contributed by atoms with Crippen molar-refractivity contribution in [1.82, 2.24) is 5.32 Å². The van der Waals surface area contributed by atoms with Gasteiger partial charge in [-0.1, -0.05) is 32.1 Å². The quantitative estimate of drug-likeness (QED) is 0.818. The summed E-state index contributed by atoms with van der Waals surface area (Å²) in [4.78, 5) is 23.7. The van der Waals surface area contributed by atoms with Crippen molar-refractivity contribution in [2.45, 2.75) is 62.5 Å². The molecule has 2 rings (SSSR count). The van der Waals surface area contributed by atoms with Crippen molar-refractivity contribution in [3.05, 3.63) is 0 Å². The Kier molecular flexibility index (Phi) is 5.97. The van der Waals surface area contributed by atoms with Crippen LogP contribution in [-0.4, -0.2) is 34.5 Å². The highest BCUT2D eigenvalue weighted by molar-refractivity contribution is 8.00. The summed E-state index contributed by atoms with van der Waals surface area (Å²) in [5.74, 6) is -1.68. The molecule has 1 amide bonds. The smallest absolute Gasteiger partial charge is 0.307 e. The Bertz CT molecular complexity index is 380. The minimum Gasteiger partial charge on any atom is -0.481 e. The molecule has 0 aliphatic heterocycles. The second-order valence-corrected chi connectivity index (χ2v) is 7.78. The molecular weight excluding hydrogens is 286 g/mol. The second-order valence-electron chi connectivity index (χ2n) is 6.50. The van der Waals surface area contributed by atoms with Crippen LogP contribution in [0.2, 0.25) is 0 Å². The lowest BCUT2D eigenvalue weighted by molar-refractivity contribution is -0.148. The Hall–Kier alpha value is -0.710. The van der Waals surface area contributed by atoms with E-state index in [1.807, 2.05) is 11.8 Å². The van der Waals surface area contributed by atoms with Crippen LogP contribution in [0.5, 0.6) is 0 Å². The van der Waals surface area contributed by atoms with Crippen LogP contribution in [0, 0.1) is 11.8 Å². The van der Waals surface area contributed by atoms with Crippen molar-refractivity contribution in [1.29, 1.82) is 0 Å². The zero-order chi connectivity index (χ0) is 15.3. The van der Waals surface area contributed by atoms with Crippen LogP contribution in [0.4, 0.5) is 0 Å². The monoisotopic (exact) mass is 313 g/mol. The van der Waals surface area contributed by atoms with Crippen LogP contribution in [0.1, 0.15) is 57.8 Å². The number of hydrogen-bond acceptors (Lipinski definition) is 3. The Balaban J connectivity index is 1.92. The first-order chi connectivity index (χ1) is 10.1. The summed E-state index contributed by atoms with van der Waals surface area (Å²) < 4.78 is 0.168. The summed E-state index contributed by atoms with van der Waals surface area (Å²) in [6.07, 6.45) is 11.4. The van der Waals surface area contributed by atoms with Gasteiger partial charge in [-0.15, -0.1) is 0 Å². The van der Waals surface area contributed by atoms with Gasteiger partial charge in [-0.25, -0.2) is 0 Å². The molecule has 0 saturated heterocycles. The molecule has 4 nitrogen and oxygen atoms in total. The summed E-state index contributed by atoms with van der Waals surface area (Å²) >= 11 is 1.86. The Morgan fingerprint density at radius 1 is 1.10 bits per heavy atom. The average molecular weight is 313 g/mol. The fourth-order valence-electron chi connectivity index (χ4n) is 3.77. The summed E-state index contributed by atoms with van der Waals surface area (Å²) in [6, 6.07) is 0. The van der Waals surface area contributed by atoms with Gasteiger partial charge in [-0.2, -0.15) is 11.8 Å². The first kappa shape index (κ1) is 16.7. The largest absolute Gasteiger partial charge is 0.481 e. The molecule has 2 saturated carbocycles. The molecule has 0 aromatic rings. The van der Waals surface area contributed by atoms with Crippen LogP contribution in [0.15, 0.2) is 0 Å². The van der Waals surface area contributed by atoms with Gasteiger partial charge in [-0.05, 0) is 31.9 Å². The van der Waals surface area contributed by atoms with Crippen molar-refractivity contribution >= 4 is 23.6 Å². The second kappa shape index (κ2) is 7.52. The fourth-order valence-corrected chi connectivity index (χ4v) is 4.68. The van der Waals surface area contributed by atoms with Crippen LogP contribution < -0.4 is 5.32 Å². The number of aliphatic carboxylic acids is 1. The van der Waals surface area contributed by atoms with E-state index in [0.717, 1.165) is 32.1 Å². The molecule has 2 aliphatic rings. The van der Waals surface area contributed by atoms with Gasteiger partial charge in [0, 0.05) is 11.3 Å². The van der Waals surface area contributed by atoms with E-state index >= 15 is 0 Å². The summed E-state index contributed by atoms with van der Waals surface area (Å²) in [5.41, 5.74) is 0. The predicted molar refractivity (Wildman–Crippen MR) is 85.4 cm³/mol. The topological polar surface area (TPSA) is 66.4 Å². The van der Waals surface area contributed by atoms with E-state index in [1.165, 1.54) is 19.3 Å². The van der Waals surface area contributed by atoms with Crippen LogP contribution in [0.25, 0.3) is 0 Å². The van der Waals surface area contributed by atoms with E-state index in [1.54, 1.807) is 0 Å². The Morgan fingerprint density at radius 2 is 1.71 bits per heavy atom. The standard InChI is InChI=1S/C16H27NO3S/c1-21-16(9-5-2-6-10-16)11-17-14(18)12-7-3-4-8-13(12)15(19)20/h12-13H,2-11H2,1H3,(H,17,18)(H,19,20)/t12-,13+/m1/s1. The van der Waals surface area contributed by atoms with Gasteiger partial charge < -0.3 is 10.4 Å². The van der Waals surface area contributed by atoms with E-state index in [0.29, 0.717) is 13.0 Å². The third-order valence-electron chi connectivity index (χ3n) is 5.20. The normalized spacial score (nSPS) is 28.8. The zero-order valence-electron chi connectivity index (χ0n) is 12.9. The molecule has 2 N–H and O–H groups in total. The number of carboxylic acid groups (broad SMARTS) is 1. The molecule has 0 heterocycles. The maximum Gasteiger partial charge on any atom is 0.307 e. The Morgan fingerprint density at radius 3 is 2.29 bits per heavy atom. The number of carboxylic acids is 1. The van der Waals surface area contributed by atoms with E-state index in [4.69, 9.17) is 0 Å². The van der Waals surface area contributed by atoms with Crippen molar-refractivity contribution in [3.8, 4) is 0 Å². The first-order valence-electron chi connectivity index (χ1n) is 8.14. The number of amides is 1. The molecule has 0 aromatic carbocycles. The highest BCUT2D eigenvalue weighted by atomic mass is 32.2. The number of nitrogens with one attached hydrogen (secondary N) is 1. The molecule has 120 valence electrons. The lowest BCUT2D eigenvalue weighted by Crippen LogP contribution is -2.46. The molecule has 2 aliphatic carbocycles. The van der Waals surface area contributed by atoms with E-state index in [2.05, 4.69) is 11.6 Å². The zero-order valence-corrected chi connectivity index (χ0v) is 13.7. The van der Waals surface area contributed by atoms with Gasteiger partial charge in [0.2, 0.25) is 5.91 Å². The van der Waals surface area contributed by atoms with Crippen molar-refractivity contribution in [3.63, 3.8) is 0 Å². The SMILES string of the molecule is CSC1(CNC(=O)[C@@H]2CCCC[C@@H]2C(=O)O)CCCCC1. The highest BCUT2D eigenvalue weighted by Gasteiger charge is 2.37. The van der Waals surface area contributed by atoms with Crippen LogP contribution in [-0.2, 0) is 9.59 Å². The maximum atomic E-state index is 12.4. The molecule has 2 fully saturated rings. The summed E-state index contributed by atoms with van der Waals surface area (Å²) in [6.45, 7) is 0.690. The number of thioether (sulfide) groups is 1.